The number of anilines is 1. The van der Waals surface area contributed by atoms with Gasteiger partial charge < -0.3 is 10.6 Å². The van der Waals surface area contributed by atoms with Crippen LogP contribution in [0.2, 0.25) is 0 Å². The monoisotopic (exact) mass is 469 g/mol. The lowest BCUT2D eigenvalue weighted by molar-refractivity contribution is -0.384. The van der Waals surface area contributed by atoms with Crippen LogP contribution in [0.1, 0.15) is 16.8 Å². The molecule has 0 unspecified atom stereocenters. The summed E-state index contributed by atoms with van der Waals surface area (Å²) in [7, 11) is 0. The van der Waals surface area contributed by atoms with Crippen LogP contribution in [0.15, 0.2) is 51.4 Å². The van der Waals surface area contributed by atoms with Crippen LogP contribution >= 0.6 is 31.9 Å². The number of carbonyl (C=O) groups is 2. The van der Waals surface area contributed by atoms with Gasteiger partial charge in [0.15, 0.2) is 0 Å². The zero-order valence-electron chi connectivity index (χ0n) is 12.8. The van der Waals surface area contributed by atoms with Crippen molar-refractivity contribution in [2.24, 2.45) is 0 Å². The molecular formula is C16H13Br2N3O4. The number of nitrogens with zero attached hydrogens (tertiary/aromatic N) is 1. The maximum Gasteiger partial charge on any atom is 0.269 e. The number of nitro groups is 1. The summed E-state index contributed by atoms with van der Waals surface area (Å²) >= 11 is 6.68. The van der Waals surface area contributed by atoms with Crippen molar-refractivity contribution in [3.05, 3.63) is 67.1 Å². The SMILES string of the molecule is O=C(CCNC(=O)c1ccc([N+](=O)[O-])cc1)Nc1ccc(Br)cc1Br. The quantitative estimate of drug-likeness (QED) is 0.494. The molecule has 130 valence electrons. The molecule has 0 aliphatic carbocycles. The molecule has 25 heavy (non-hydrogen) atoms. The van der Waals surface area contributed by atoms with Crippen molar-refractivity contribution < 1.29 is 14.5 Å². The third-order valence-electron chi connectivity index (χ3n) is 3.18. The fraction of sp³-hybridized carbons (Fsp3) is 0.125. The van der Waals surface area contributed by atoms with Gasteiger partial charge in [-0.1, -0.05) is 15.9 Å². The van der Waals surface area contributed by atoms with Crippen molar-refractivity contribution in [2.45, 2.75) is 6.42 Å². The lowest BCUT2D eigenvalue weighted by Gasteiger charge is -2.08. The number of carbonyl (C=O) groups excluding carboxylic acids is 2. The van der Waals surface area contributed by atoms with Crippen molar-refractivity contribution in [1.29, 1.82) is 0 Å². The molecule has 0 aliphatic heterocycles. The Hall–Kier alpha value is -2.26. The average molecular weight is 471 g/mol. The minimum absolute atomic E-state index is 0.0870. The Morgan fingerprint density at radius 3 is 2.36 bits per heavy atom. The first-order valence-corrected chi connectivity index (χ1v) is 8.73. The number of nitrogens with one attached hydrogen (secondary N) is 2. The predicted molar refractivity (Wildman–Crippen MR) is 101 cm³/mol. The van der Waals surface area contributed by atoms with E-state index in [-0.39, 0.29) is 24.6 Å². The number of halogens is 2. The normalized spacial score (nSPS) is 10.2. The van der Waals surface area contributed by atoms with E-state index < -0.39 is 10.8 Å². The largest absolute Gasteiger partial charge is 0.352 e. The number of hydrogen-bond donors (Lipinski definition) is 2. The minimum atomic E-state index is -0.535. The fourth-order valence-corrected chi connectivity index (χ4v) is 3.08. The molecule has 0 saturated carbocycles. The highest BCUT2D eigenvalue weighted by Crippen LogP contribution is 2.26. The van der Waals surface area contributed by atoms with Gasteiger partial charge in [-0.05, 0) is 46.3 Å². The first kappa shape index (κ1) is 19.1. The first-order chi connectivity index (χ1) is 11.9. The van der Waals surface area contributed by atoms with Crippen LogP contribution in [0.4, 0.5) is 11.4 Å². The Morgan fingerprint density at radius 2 is 1.76 bits per heavy atom. The van der Waals surface area contributed by atoms with Crippen LogP contribution in [0.3, 0.4) is 0 Å². The number of amides is 2. The number of rotatable bonds is 6. The van der Waals surface area contributed by atoms with Crippen molar-refractivity contribution in [3.8, 4) is 0 Å². The van der Waals surface area contributed by atoms with Gasteiger partial charge in [0.25, 0.3) is 11.6 Å². The Kier molecular flexibility index (Phi) is 6.65. The molecule has 0 radical (unpaired) electrons. The number of hydrogen-bond acceptors (Lipinski definition) is 4. The second kappa shape index (κ2) is 8.72. The lowest BCUT2D eigenvalue weighted by Crippen LogP contribution is -2.27. The van der Waals surface area contributed by atoms with E-state index in [2.05, 4.69) is 42.5 Å². The van der Waals surface area contributed by atoms with Gasteiger partial charge >= 0.3 is 0 Å². The molecule has 2 rings (SSSR count). The van der Waals surface area contributed by atoms with Gasteiger partial charge in [-0.2, -0.15) is 0 Å². The maximum atomic E-state index is 11.9. The van der Waals surface area contributed by atoms with E-state index in [9.17, 15) is 19.7 Å². The van der Waals surface area contributed by atoms with E-state index >= 15 is 0 Å². The molecule has 0 aliphatic rings. The summed E-state index contributed by atoms with van der Waals surface area (Å²) in [5.41, 5.74) is 0.840. The summed E-state index contributed by atoms with van der Waals surface area (Å²) in [5.74, 6) is -0.639. The first-order valence-electron chi connectivity index (χ1n) is 7.14. The third kappa shape index (κ3) is 5.64. The molecule has 2 amide bonds. The van der Waals surface area contributed by atoms with Crippen LogP contribution in [-0.4, -0.2) is 23.3 Å². The second-order valence-electron chi connectivity index (χ2n) is 4.98. The molecule has 0 atom stereocenters. The Balaban J connectivity index is 1.82. The standard InChI is InChI=1S/C16H13Br2N3O4/c17-11-3-6-14(13(18)9-11)20-15(22)7-8-19-16(23)10-1-4-12(5-2-10)21(24)25/h1-6,9H,7-8H2,(H,19,23)(H,20,22). The zero-order valence-corrected chi connectivity index (χ0v) is 16.0. The second-order valence-corrected chi connectivity index (χ2v) is 6.75. The topological polar surface area (TPSA) is 101 Å². The summed E-state index contributed by atoms with van der Waals surface area (Å²) < 4.78 is 1.62. The molecule has 0 aromatic heterocycles. The van der Waals surface area contributed by atoms with Gasteiger partial charge in [-0.3, -0.25) is 19.7 Å². The highest BCUT2D eigenvalue weighted by Gasteiger charge is 2.10. The molecule has 0 bridgehead atoms. The molecular weight excluding hydrogens is 458 g/mol. The van der Waals surface area contributed by atoms with E-state index in [1.807, 2.05) is 6.07 Å². The van der Waals surface area contributed by atoms with E-state index in [0.29, 0.717) is 11.3 Å². The summed E-state index contributed by atoms with van der Waals surface area (Å²) in [6.45, 7) is 0.149. The van der Waals surface area contributed by atoms with Gasteiger partial charge in [0.2, 0.25) is 5.91 Å². The highest BCUT2D eigenvalue weighted by molar-refractivity contribution is 9.11. The maximum absolute atomic E-state index is 11.9. The highest BCUT2D eigenvalue weighted by atomic mass is 79.9. The number of benzene rings is 2. The Labute approximate surface area is 160 Å². The lowest BCUT2D eigenvalue weighted by atomic mass is 10.2. The smallest absolute Gasteiger partial charge is 0.269 e. The van der Waals surface area contributed by atoms with Crippen LogP contribution < -0.4 is 10.6 Å². The molecule has 2 aromatic carbocycles. The summed E-state index contributed by atoms with van der Waals surface area (Å²) in [6, 6.07) is 10.6. The molecule has 0 fully saturated rings. The number of nitro benzene ring substituents is 1. The van der Waals surface area contributed by atoms with Gasteiger partial charge in [0, 0.05) is 39.6 Å². The van der Waals surface area contributed by atoms with Crippen molar-refractivity contribution >= 4 is 55.0 Å². The van der Waals surface area contributed by atoms with Crippen LogP contribution in [-0.2, 0) is 4.79 Å². The van der Waals surface area contributed by atoms with E-state index in [4.69, 9.17) is 0 Å². The van der Waals surface area contributed by atoms with Gasteiger partial charge in [0.1, 0.15) is 0 Å². The molecule has 2 N–H and O–H groups in total. The minimum Gasteiger partial charge on any atom is -0.352 e. The molecule has 7 nitrogen and oxygen atoms in total. The molecule has 2 aromatic rings. The number of non-ortho nitro benzene ring substituents is 1. The third-order valence-corrected chi connectivity index (χ3v) is 4.33. The van der Waals surface area contributed by atoms with Crippen LogP contribution in [0, 0.1) is 10.1 Å². The van der Waals surface area contributed by atoms with Crippen molar-refractivity contribution in [3.63, 3.8) is 0 Å². The Bertz CT molecular complexity index is 810. The average Bonchev–Trinajstić information content (AvgIpc) is 2.57. The summed E-state index contributed by atoms with van der Waals surface area (Å²) in [4.78, 5) is 33.9. The fourth-order valence-electron chi connectivity index (χ4n) is 1.93. The van der Waals surface area contributed by atoms with Crippen LogP contribution in [0.5, 0.6) is 0 Å². The van der Waals surface area contributed by atoms with Crippen molar-refractivity contribution in [1.82, 2.24) is 5.32 Å². The zero-order chi connectivity index (χ0) is 18.4. The van der Waals surface area contributed by atoms with Gasteiger partial charge in [0.05, 0.1) is 10.6 Å². The van der Waals surface area contributed by atoms with E-state index in [0.717, 1.165) is 8.95 Å². The van der Waals surface area contributed by atoms with Gasteiger partial charge in [-0.25, -0.2) is 0 Å². The molecule has 0 heterocycles. The summed E-state index contributed by atoms with van der Waals surface area (Å²) in [5, 5.41) is 15.9. The van der Waals surface area contributed by atoms with Gasteiger partial charge in [-0.15, -0.1) is 0 Å². The van der Waals surface area contributed by atoms with Crippen LogP contribution in [0.25, 0.3) is 0 Å². The Morgan fingerprint density at radius 1 is 1.08 bits per heavy atom. The summed E-state index contributed by atoms with van der Waals surface area (Å²) in [6.07, 6.45) is 0.0984. The predicted octanol–water partition coefficient (Wildman–Crippen LogP) is 3.88. The van der Waals surface area contributed by atoms with Crippen molar-refractivity contribution in [2.75, 3.05) is 11.9 Å². The van der Waals surface area contributed by atoms with E-state index in [1.54, 1.807) is 12.1 Å². The molecule has 0 saturated heterocycles. The molecule has 9 heteroatoms. The molecule has 0 spiro atoms. The van der Waals surface area contributed by atoms with E-state index in [1.165, 1.54) is 24.3 Å².